The zero-order valence-corrected chi connectivity index (χ0v) is 16.5. The van der Waals surface area contributed by atoms with E-state index in [9.17, 15) is 18.0 Å². The van der Waals surface area contributed by atoms with E-state index in [2.05, 4.69) is 10.6 Å². The minimum atomic E-state index is -3.64. The Balaban J connectivity index is 1.60. The standard InChI is InChI=1S/C19H20ClN3O4S/c20-14-6-4-7-15(12-14)22-19(25)18(24)21-13-16-8-5-11-23(16)28(26,27)17-9-2-1-3-10-17/h1-4,6-7,9-10,12,16H,5,8,11,13H2,(H,21,24)(H,22,25). The van der Waals surface area contributed by atoms with Crippen LogP contribution in [0, 0.1) is 0 Å². The molecule has 1 saturated heterocycles. The fourth-order valence-corrected chi connectivity index (χ4v) is 5.01. The summed E-state index contributed by atoms with van der Waals surface area (Å²) in [6.07, 6.45) is 1.31. The summed E-state index contributed by atoms with van der Waals surface area (Å²) in [5, 5.41) is 5.42. The molecule has 0 aromatic heterocycles. The van der Waals surface area contributed by atoms with Crippen LogP contribution in [0.4, 0.5) is 5.69 Å². The van der Waals surface area contributed by atoms with E-state index in [1.807, 2.05) is 0 Å². The molecule has 1 unspecified atom stereocenters. The average Bonchev–Trinajstić information content (AvgIpc) is 3.16. The van der Waals surface area contributed by atoms with Crippen LogP contribution in [0.3, 0.4) is 0 Å². The van der Waals surface area contributed by atoms with Gasteiger partial charge in [0.15, 0.2) is 0 Å². The number of hydrogen-bond donors (Lipinski definition) is 2. The molecular formula is C19H20ClN3O4S. The van der Waals surface area contributed by atoms with Crippen LogP contribution < -0.4 is 10.6 Å². The lowest BCUT2D eigenvalue weighted by Gasteiger charge is -2.24. The summed E-state index contributed by atoms with van der Waals surface area (Å²) in [6.45, 7) is 0.445. The lowest BCUT2D eigenvalue weighted by Crippen LogP contribution is -2.45. The number of anilines is 1. The summed E-state index contributed by atoms with van der Waals surface area (Å²) in [6, 6.07) is 14.2. The Kier molecular flexibility index (Phi) is 6.33. The van der Waals surface area contributed by atoms with Gasteiger partial charge in [0, 0.05) is 29.8 Å². The molecule has 1 fully saturated rings. The van der Waals surface area contributed by atoms with Crippen molar-refractivity contribution in [1.82, 2.24) is 9.62 Å². The van der Waals surface area contributed by atoms with Crippen molar-refractivity contribution >= 4 is 39.1 Å². The van der Waals surface area contributed by atoms with Gasteiger partial charge in [-0.05, 0) is 43.2 Å². The number of carbonyl (C=O) groups is 2. The Hall–Kier alpha value is -2.42. The van der Waals surface area contributed by atoms with Gasteiger partial charge in [-0.3, -0.25) is 9.59 Å². The predicted molar refractivity (Wildman–Crippen MR) is 106 cm³/mol. The molecule has 2 aromatic carbocycles. The summed E-state index contributed by atoms with van der Waals surface area (Å²) in [5.74, 6) is -1.67. The average molecular weight is 422 g/mol. The SMILES string of the molecule is O=C(NCC1CCCN1S(=O)(=O)c1ccccc1)C(=O)Nc1cccc(Cl)c1. The number of hydrogen-bond acceptors (Lipinski definition) is 4. The van der Waals surface area contributed by atoms with Crippen LogP contribution in [0.25, 0.3) is 0 Å². The Morgan fingerprint density at radius 2 is 1.82 bits per heavy atom. The molecule has 1 aliphatic heterocycles. The van der Waals surface area contributed by atoms with Gasteiger partial charge < -0.3 is 10.6 Å². The largest absolute Gasteiger partial charge is 0.346 e. The number of carbonyl (C=O) groups excluding carboxylic acids is 2. The smallest absolute Gasteiger partial charge is 0.313 e. The van der Waals surface area contributed by atoms with Crippen molar-refractivity contribution in [3.05, 3.63) is 59.6 Å². The van der Waals surface area contributed by atoms with Gasteiger partial charge in [-0.1, -0.05) is 35.9 Å². The van der Waals surface area contributed by atoms with Gasteiger partial charge in [-0.15, -0.1) is 0 Å². The molecule has 2 amide bonds. The second-order valence-corrected chi connectivity index (χ2v) is 8.73. The zero-order valence-electron chi connectivity index (χ0n) is 15.0. The van der Waals surface area contributed by atoms with E-state index < -0.39 is 27.9 Å². The van der Waals surface area contributed by atoms with E-state index in [1.165, 1.54) is 10.4 Å². The molecule has 9 heteroatoms. The Labute approximate surface area is 168 Å². The molecule has 3 rings (SSSR count). The van der Waals surface area contributed by atoms with Gasteiger partial charge in [-0.2, -0.15) is 4.31 Å². The molecule has 148 valence electrons. The van der Waals surface area contributed by atoms with Crippen LogP contribution in [-0.2, 0) is 19.6 Å². The molecular weight excluding hydrogens is 402 g/mol. The van der Waals surface area contributed by atoms with Gasteiger partial charge >= 0.3 is 11.8 Å². The summed E-state index contributed by atoms with van der Waals surface area (Å²) in [4.78, 5) is 24.3. The van der Waals surface area contributed by atoms with Crippen molar-refractivity contribution in [2.24, 2.45) is 0 Å². The fraction of sp³-hybridized carbons (Fsp3) is 0.263. The first-order valence-electron chi connectivity index (χ1n) is 8.79. The number of halogens is 1. The third-order valence-corrected chi connectivity index (χ3v) is 6.66. The van der Waals surface area contributed by atoms with E-state index in [1.54, 1.807) is 48.5 Å². The second kappa shape index (κ2) is 8.72. The Morgan fingerprint density at radius 3 is 2.54 bits per heavy atom. The maximum Gasteiger partial charge on any atom is 0.313 e. The normalized spacial score (nSPS) is 17.2. The highest BCUT2D eigenvalue weighted by Crippen LogP contribution is 2.25. The highest BCUT2D eigenvalue weighted by molar-refractivity contribution is 7.89. The number of nitrogens with zero attached hydrogens (tertiary/aromatic N) is 1. The zero-order chi connectivity index (χ0) is 20.1. The van der Waals surface area contributed by atoms with Crippen molar-refractivity contribution in [2.75, 3.05) is 18.4 Å². The summed E-state index contributed by atoms with van der Waals surface area (Å²) in [5.41, 5.74) is 0.404. The van der Waals surface area contributed by atoms with Crippen molar-refractivity contribution in [2.45, 2.75) is 23.8 Å². The fourth-order valence-electron chi connectivity index (χ4n) is 3.10. The van der Waals surface area contributed by atoms with Crippen molar-refractivity contribution in [3.63, 3.8) is 0 Å². The van der Waals surface area contributed by atoms with Crippen LogP contribution in [0.1, 0.15) is 12.8 Å². The van der Waals surface area contributed by atoms with Crippen LogP contribution in [0.2, 0.25) is 5.02 Å². The third-order valence-electron chi connectivity index (χ3n) is 4.46. The maximum absolute atomic E-state index is 12.8. The van der Waals surface area contributed by atoms with E-state index >= 15 is 0 Å². The first kappa shape index (κ1) is 20.3. The van der Waals surface area contributed by atoms with Crippen LogP contribution >= 0.6 is 11.6 Å². The highest BCUT2D eigenvalue weighted by Gasteiger charge is 2.35. The maximum atomic E-state index is 12.8. The van der Waals surface area contributed by atoms with Gasteiger partial charge in [-0.25, -0.2) is 8.42 Å². The molecule has 2 N–H and O–H groups in total. The molecule has 28 heavy (non-hydrogen) atoms. The number of benzene rings is 2. The highest BCUT2D eigenvalue weighted by atomic mass is 35.5. The van der Waals surface area contributed by atoms with Crippen LogP contribution in [-0.4, -0.2) is 43.7 Å². The molecule has 0 bridgehead atoms. The Morgan fingerprint density at radius 1 is 1.07 bits per heavy atom. The Bertz CT molecular complexity index is 966. The first-order chi connectivity index (χ1) is 13.4. The minimum Gasteiger partial charge on any atom is -0.346 e. The monoisotopic (exact) mass is 421 g/mol. The number of sulfonamides is 1. The lowest BCUT2D eigenvalue weighted by atomic mass is 10.2. The lowest BCUT2D eigenvalue weighted by molar-refractivity contribution is -0.136. The van der Waals surface area contributed by atoms with Crippen molar-refractivity contribution < 1.29 is 18.0 Å². The molecule has 7 nitrogen and oxygen atoms in total. The molecule has 1 aliphatic rings. The number of nitrogens with one attached hydrogen (secondary N) is 2. The van der Waals surface area contributed by atoms with Crippen molar-refractivity contribution in [3.8, 4) is 0 Å². The summed E-state index contributed by atoms with van der Waals surface area (Å²) in [7, 11) is -3.64. The number of rotatable bonds is 5. The topological polar surface area (TPSA) is 95.6 Å². The molecule has 0 saturated carbocycles. The van der Waals surface area contributed by atoms with Gasteiger partial charge in [0.25, 0.3) is 0 Å². The second-order valence-electron chi connectivity index (χ2n) is 6.40. The molecule has 1 heterocycles. The predicted octanol–water partition coefficient (Wildman–Crippen LogP) is 2.25. The van der Waals surface area contributed by atoms with Crippen LogP contribution in [0.15, 0.2) is 59.5 Å². The quantitative estimate of drug-likeness (QED) is 0.724. The summed E-state index contributed by atoms with van der Waals surface area (Å²) < 4.78 is 27.0. The third kappa shape index (κ3) is 4.70. The van der Waals surface area contributed by atoms with E-state index in [0.717, 1.165) is 0 Å². The minimum absolute atomic E-state index is 0.0634. The molecule has 0 spiro atoms. The van der Waals surface area contributed by atoms with E-state index in [-0.39, 0.29) is 11.4 Å². The molecule has 2 aromatic rings. The van der Waals surface area contributed by atoms with Gasteiger partial charge in [0.2, 0.25) is 10.0 Å². The first-order valence-corrected chi connectivity index (χ1v) is 10.6. The van der Waals surface area contributed by atoms with E-state index in [0.29, 0.717) is 30.1 Å². The van der Waals surface area contributed by atoms with Gasteiger partial charge in [0.05, 0.1) is 4.90 Å². The van der Waals surface area contributed by atoms with Crippen LogP contribution in [0.5, 0.6) is 0 Å². The number of amides is 2. The summed E-state index contributed by atoms with van der Waals surface area (Å²) >= 11 is 5.85. The van der Waals surface area contributed by atoms with E-state index in [4.69, 9.17) is 11.6 Å². The molecule has 0 aliphatic carbocycles. The van der Waals surface area contributed by atoms with Gasteiger partial charge in [0.1, 0.15) is 0 Å². The van der Waals surface area contributed by atoms with Crippen molar-refractivity contribution in [1.29, 1.82) is 0 Å². The molecule has 1 atom stereocenters. The molecule has 0 radical (unpaired) electrons.